The molecule has 43 heavy (non-hydrogen) atoms. The number of carbonyl (C=O) groups excluding carboxylic acids is 2. The van der Waals surface area contributed by atoms with Gasteiger partial charge in [-0.25, -0.2) is 9.78 Å². The summed E-state index contributed by atoms with van der Waals surface area (Å²) in [6, 6.07) is 15.6. The molecule has 2 aromatic carbocycles. The first kappa shape index (κ1) is 29.3. The van der Waals surface area contributed by atoms with Crippen molar-refractivity contribution in [3.8, 4) is 16.8 Å². The molecular formula is C33H31N3O4S3. The molecule has 1 N–H and O–H groups in total. The first-order valence-electron chi connectivity index (χ1n) is 14.3. The molecule has 0 aliphatic heterocycles. The van der Waals surface area contributed by atoms with Crippen LogP contribution in [0, 0.1) is 13.8 Å². The van der Waals surface area contributed by atoms with Gasteiger partial charge in [-0.15, -0.1) is 22.7 Å². The largest absolute Gasteiger partial charge is 0.462 e. The van der Waals surface area contributed by atoms with Crippen LogP contribution in [-0.2, 0) is 22.4 Å². The van der Waals surface area contributed by atoms with E-state index in [1.165, 1.54) is 28.0 Å². The van der Waals surface area contributed by atoms with Crippen molar-refractivity contribution in [2.24, 2.45) is 0 Å². The highest BCUT2D eigenvalue weighted by atomic mass is 32.2. The van der Waals surface area contributed by atoms with Crippen LogP contribution in [0.4, 0.5) is 5.00 Å². The van der Waals surface area contributed by atoms with Gasteiger partial charge in [0.05, 0.1) is 17.7 Å². The zero-order valence-corrected chi connectivity index (χ0v) is 26.6. The SMILES string of the molecule is CCOC(=O)c1c(-c2ccc(C)c(C)c2)csc1NC(=O)CCSc1nc2sc3c(c2c(=O)n1-c1ccccc1)CCC3. The minimum absolute atomic E-state index is 0.0564. The molecule has 0 radical (unpaired) electrons. The van der Waals surface area contributed by atoms with E-state index in [9.17, 15) is 14.4 Å². The smallest absolute Gasteiger partial charge is 0.341 e. The number of hydrogen-bond acceptors (Lipinski definition) is 8. The molecule has 7 nitrogen and oxygen atoms in total. The third-order valence-corrected chi connectivity index (χ3v) is 10.6. The summed E-state index contributed by atoms with van der Waals surface area (Å²) in [5, 5.41) is 6.59. The summed E-state index contributed by atoms with van der Waals surface area (Å²) < 4.78 is 7.03. The van der Waals surface area contributed by atoms with E-state index in [1.807, 2.05) is 67.8 Å². The number of ether oxygens (including phenoxy) is 1. The lowest BCUT2D eigenvalue weighted by atomic mass is 9.99. The van der Waals surface area contributed by atoms with Gasteiger partial charge in [-0.3, -0.25) is 14.2 Å². The number of aromatic nitrogens is 2. The molecule has 5 aromatic rings. The second-order valence-corrected chi connectivity index (χ2v) is 13.5. The summed E-state index contributed by atoms with van der Waals surface area (Å²) in [5.74, 6) is -0.281. The average Bonchev–Trinajstić information content (AvgIpc) is 3.70. The van der Waals surface area contributed by atoms with Crippen LogP contribution in [0.2, 0.25) is 0 Å². The summed E-state index contributed by atoms with van der Waals surface area (Å²) in [6.07, 6.45) is 3.15. The van der Waals surface area contributed by atoms with Crippen LogP contribution < -0.4 is 10.9 Å². The van der Waals surface area contributed by atoms with Gasteiger partial charge in [0, 0.05) is 28.0 Å². The van der Waals surface area contributed by atoms with Crippen LogP contribution in [-0.4, -0.2) is 33.8 Å². The van der Waals surface area contributed by atoms with Crippen LogP contribution in [0.1, 0.15) is 51.7 Å². The van der Waals surface area contributed by atoms with E-state index >= 15 is 0 Å². The van der Waals surface area contributed by atoms with Gasteiger partial charge in [-0.1, -0.05) is 48.2 Å². The summed E-state index contributed by atoms with van der Waals surface area (Å²) in [6.45, 7) is 6.07. The van der Waals surface area contributed by atoms with Gasteiger partial charge in [0.15, 0.2) is 5.16 Å². The minimum Gasteiger partial charge on any atom is -0.462 e. The van der Waals surface area contributed by atoms with Crippen LogP contribution in [0.5, 0.6) is 0 Å². The number of rotatable bonds is 9. The van der Waals surface area contributed by atoms with Gasteiger partial charge in [0.25, 0.3) is 5.56 Å². The predicted octanol–water partition coefficient (Wildman–Crippen LogP) is 7.58. The number of nitrogens with zero attached hydrogens (tertiary/aromatic N) is 2. The summed E-state index contributed by atoms with van der Waals surface area (Å²) in [5.41, 5.74) is 6.13. The normalized spacial score (nSPS) is 12.4. The zero-order chi connectivity index (χ0) is 30.1. The molecule has 220 valence electrons. The van der Waals surface area contributed by atoms with Crippen LogP contribution >= 0.6 is 34.4 Å². The van der Waals surface area contributed by atoms with Gasteiger partial charge in [-0.05, 0) is 74.4 Å². The Bertz CT molecular complexity index is 1910. The summed E-state index contributed by atoms with van der Waals surface area (Å²) in [4.78, 5) is 46.9. The van der Waals surface area contributed by atoms with E-state index in [-0.39, 0.29) is 24.5 Å². The Balaban J connectivity index is 1.23. The average molecular weight is 630 g/mol. The molecule has 0 saturated carbocycles. The Morgan fingerprint density at radius 1 is 1.09 bits per heavy atom. The second kappa shape index (κ2) is 12.5. The van der Waals surface area contributed by atoms with E-state index in [1.54, 1.807) is 22.8 Å². The lowest BCUT2D eigenvalue weighted by Gasteiger charge is -2.12. The van der Waals surface area contributed by atoms with Crippen LogP contribution in [0.15, 0.2) is 63.9 Å². The lowest BCUT2D eigenvalue weighted by molar-refractivity contribution is -0.115. The van der Waals surface area contributed by atoms with E-state index in [0.29, 0.717) is 21.5 Å². The number of hydrogen-bond donors (Lipinski definition) is 1. The second-order valence-electron chi connectivity index (χ2n) is 10.4. The highest BCUT2D eigenvalue weighted by Crippen LogP contribution is 2.38. The van der Waals surface area contributed by atoms with Gasteiger partial charge in [-0.2, -0.15) is 0 Å². The fourth-order valence-corrected chi connectivity index (χ4v) is 8.55. The van der Waals surface area contributed by atoms with Crippen molar-refractivity contribution in [2.75, 3.05) is 17.7 Å². The van der Waals surface area contributed by atoms with Gasteiger partial charge in [0.2, 0.25) is 5.91 Å². The third-order valence-electron chi connectivity index (χ3n) is 7.62. The highest BCUT2D eigenvalue weighted by Gasteiger charge is 2.25. The van der Waals surface area contributed by atoms with Crippen LogP contribution in [0.25, 0.3) is 27.0 Å². The lowest BCUT2D eigenvalue weighted by Crippen LogP contribution is -2.22. The van der Waals surface area contributed by atoms with E-state index in [2.05, 4.69) is 5.32 Å². The molecule has 0 bridgehead atoms. The molecule has 6 rings (SSSR count). The number of carbonyl (C=O) groups is 2. The topological polar surface area (TPSA) is 90.3 Å². The first-order valence-corrected chi connectivity index (χ1v) is 17.0. The molecule has 0 saturated heterocycles. The van der Waals surface area contributed by atoms with E-state index in [0.717, 1.165) is 63.0 Å². The maximum absolute atomic E-state index is 13.8. The fourth-order valence-electron chi connectivity index (χ4n) is 5.33. The van der Waals surface area contributed by atoms with Gasteiger partial charge >= 0.3 is 5.97 Å². The highest BCUT2D eigenvalue weighted by molar-refractivity contribution is 7.99. The number of aryl methyl sites for hydroxylation is 4. The van der Waals surface area contributed by atoms with Crippen molar-refractivity contribution in [1.82, 2.24) is 9.55 Å². The van der Waals surface area contributed by atoms with Crippen molar-refractivity contribution >= 4 is 61.5 Å². The summed E-state index contributed by atoms with van der Waals surface area (Å²) in [7, 11) is 0. The summed E-state index contributed by atoms with van der Waals surface area (Å²) >= 11 is 4.31. The fraction of sp³-hybridized carbons (Fsp3) is 0.273. The molecule has 0 fully saturated rings. The molecular weight excluding hydrogens is 599 g/mol. The first-order chi connectivity index (χ1) is 20.9. The predicted molar refractivity (Wildman–Crippen MR) is 176 cm³/mol. The number of para-hydroxylation sites is 1. The van der Waals surface area contributed by atoms with Crippen molar-refractivity contribution < 1.29 is 14.3 Å². The van der Waals surface area contributed by atoms with Gasteiger partial charge < -0.3 is 10.1 Å². The number of amides is 1. The quantitative estimate of drug-likeness (QED) is 0.103. The number of esters is 1. The molecule has 1 aliphatic rings. The number of anilines is 1. The number of thiophene rings is 2. The van der Waals surface area contributed by atoms with Crippen LogP contribution in [0.3, 0.4) is 0 Å². The number of fused-ring (bicyclic) bond motifs is 3. The maximum atomic E-state index is 13.8. The van der Waals surface area contributed by atoms with E-state index in [4.69, 9.17) is 9.72 Å². The van der Waals surface area contributed by atoms with Crippen molar-refractivity contribution in [3.05, 3.63) is 91.4 Å². The molecule has 0 spiro atoms. The maximum Gasteiger partial charge on any atom is 0.341 e. The Morgan fingerprint density at radius 2 is 1.91 bits per heavy atom. The molecule has 3 aromatic heterocycles. The standard InChI is InChI=1S/C33H31N3O4S3/c1-4-40-32(39)28-24(21-14-13-19(2)20(3)17-21)18-42-29(28)34-26(37)15-16-41-33-35-30-27(23-11-8-12-25(23)43-30)31(38)36(33)22-9-6-5-7-10-22/h5-7,9-10,13-14,17-18H,4,8,11-12,15-16H2,1-3H3,(H,34,37). The molecule has 1 amide bonds. The Morgan fingerprint density at radius 3 is 2.67 bits per heavy atom. The Kier molecular flexibility index (Phi) is 8.52. The minimum atomic E-state index is -0.464. The molecule has 0 unspecified atom stereocenters. The molecule has 3 heterocycles. The Labute approximate surface area is 261 Å². The van der Waals surface area contributed by atoms with Gasteiger partial charge in [0.1, 0.15) is 15.4 Å². The monoisotopic (exact) mass is 629 g/mol. The Hall–Kier alpha value is -3.73. The van der Waals surface area contributed by atoms with E-state index < -0.39 is 5.97 Å². The number of nitrogens with one attached hydrogen (secondary N) is 1. The molecule has 0 atom stereocenters. The molecule has 1 aliphatic carbocycles. The zero-order valence-electron chi connectivity index (χ0n) is 24.2. The van der Waals surface area contributed by atoms with Crippen molar-refractivity contribution in [2.45, 2.75) is 51.6 Å². The number of benzene rings is 2. The third kappa shape index (κ3) is 5.79. The van der Waals surface area contributed by atoms with Crippen molar-refractivity contribution in [3.63, 3.8) is 0 Å². The number of thioether (sulfide) groups is 1. The molecule has 10 heteroatoms. The van der Waals surface area contributed by atoms with Crippen molar-refractivity contribution in [1.29, 1.82) is 0 Å².